The minimum Gasteiger partial charge on any atom is -0.349 e. The van der Waals surface area contributed by atoms with Gasteiger partial charge in [-0.2, -0.15) is 0 Å². The standard InChI is InChI=1S/C5H12NOS/c1-4(6-3)7-5(2)8/h4-6H,1-3H3. The molecular formula is C5H12NOS. The van der Waals surface area contributed by atoms with Crippen LogP contribution in [0.1, 0.15) is 13.8 Å². The van der Waals surface area contributed by atoms with E-state index in [9.17, 15) is 0 Å². The van der Waals surface area contributed by atoms with E-state index in [2.05, 4.69) is 5.32 Å². The zero-order chi connectivity index (χ0) is 6.57. The first-order valence-electron chi connectivity index (χ1n) is 2.65. The Bertz CT molecular complexity index is 58.4. The Kier molecular flexibility index (Phi) is 4.32. The highest BCUT2D eigenvalue weighted by atomic mass is 32.1. The van der Waals surface area contributed by atoms with Crippen molar-refractivity contribution in [2.75, 3.05) is 7.05 Å². The number of ether oxygens (including phenoxy) is 1. The fraction of sp³-hybridized carbons (Fsp3) is 1.00. The van der Waals surface area contributed by atoms with Gasteiger partial charge in [0.25, 0.3) is 0 Å². The van der Waals surface area contributed by atoms with Gasteiger partial charge in [-0.05, 0) is 20.9 Å². The summed E-state index contributed by atoms with van der Waals surface area (Å²) in [7, 11) is 1.84. The molecular weight excluding hydrogens is 122 g/mol. The molecule has 0 saturated carbocycles. The van der Waals surface area contributed by atoms with Crippen molar-refractivity contribution < 1.29 is 4.74 Å². The third kappa shape index (κ3) is 4.43. The fourth-order valence-corrected chi connectivity index (χ4v) is 0.522. The predicted octanol–water partition coefficient (Wildman–Crippen LogP) is 1.11. The highest BCUT2D eigenvalue weighted by molar-refractivity contribution is 7.80. The van der Waals surface area contributed by atoms with Crippen molar-refractivity contribution >= 4 is 12.6 Å². The van der Waals surface area contributed by atoms with Gasteiger partial charge in [0, 0.05) is 0 Å². The van der Waals surface area contributed by atoms with Crippen LogP contribution in [0.4, 0.5) is 0 Å². The molecule has 0 fully saturated rings. The molecule has 0 spiro atoms. The maximum absolute atomic E-state index is 5.10. The van der Waals surface area contributed by atoms with Gasteiger partial charge in [0.2, 0.25) is 0 Å². The van der Waals surface area contributed by atoms with Crippen LogP contribution >= 0.6 is 12.6 Å². The van der Waals surface area contributed by atoms with Crippen LogP contribution in [0.25, 0.3) is 0 Å². The number of nitrogens with one attached hydrogen (secondary N) is 1. The van der Waals surface area contributed by atoms with Gasteiger partial charge in [0.15, 0.2) is 0 Å². The van der Waals surface area contributed by atoms with Gasteiger partial charge < -0.3 is 4.74 Å². The molecule has 3 heteroatoms. The Labute approximate surface area is 56.0 Å². The molecule has 2 nitrogen and oxygen atoms in total. The Morgan fingerprint density at radius 1 is 1.50 bits per heavy atom. The van der Waals surface area contributed by atoms with E-state index in [0.717, 1.165) is 0 Å². The molecule has 0 aromatic rings. The molecule has 0 aromatic heterocycles. The van der Waals surface area contributed by atoms with Gasteiger partial charge in [-0.3, -0.25) is 5.32 Å². The van der Waals surface area contributed by atoms with E-state index < -0.39 is 0 Å². The molecule has 2 unspecified atom stereocenters. The molecule has 0 aliphatic carbocycles. The molecule has 2 atom stereocenters. The van der Waals surface area contributed by atoms with Crippen LogP contribution in [0, 0.1) is 0 Å². The first kappa shape index (κ1) is 8.27. The van der Waals surface area contributed by atoms with Gasteiger partial charge in [0.05, 0.1) is 0 Å². The van der Waals surface area contributed by atoms with Gasteiger partial charge in [-0.15, -0.1) is 0 Å². The van der Waals surface area contributed by atoms with Crippen molar-refractivity contribution in [3.8, 4) is 0 Å². The quantitative estimate of drug-likeness (QED) is 0.584. The molecule has 49 valence electrons. The maximum atomic E-state index is 5.10. The largest absolute Gasteiger partial charge is 0.349 e. The van der Waals surface area contributed by atoms with Gasteiger partial charge >= 0.3 is 0 Å². The SMILES string of the molecule is CNC(C)OC(C)[S]. The molecule has 0 aromatic carbocycles. The van der Waals surface area contributed by atoms with Crippen molar-refractivity contribution in [1.82, 2.24) is 5.32 Å². The van der Waals surface area contributed by atoms with E-state index in [-0.39, 0.29) is 11.7 Å². The summed E-state index contributed by atoms with van der Waals surface area (Å²) >= 11 is 4.76. The first-order chi connectivity index (χ1) is 3.66. The van der Waals surface area contributed by atoms with Crippen LogP contribution in [-0.4, -0.2) is 18.7 Å². The lowest BCUT2D eigenvalue weighted by atomic mass is 10.6. The summed E-state index contributed by atoms with van der Waals surface area (Å²) in [5, 5.41) is 2.91. The highest BCUT2D eigenvalue weighted by Gasteiger charge is 1.99. The summed E-state index contributed by atoms with van der Waals surface area (Å²) in [5.74, 6) is 0. The van der Waals surface area contributed by atoms with Crippen LogP contribution < -0.4 is 5.32 Å². The Hall–Kier alpha value is 0.270. The lowest BCUT2D eigenvalue weighted by Crippen LogP contribution is -2.26. The summed E-state index contributed by atoms with van der Waals surface area (Å²) in [5.41, 5.74) is -0.0996. The van der Waals surface area contributed by atoms with Crippen LogP contribution in [0.2, 0.25) is 0 Å². The smallest absolute Gasteiger partial charge is 0.112 e. The molecule has 0 amide bonds. The third-order valence-corrected chi connectivity index (χ3v) is 0.913. The molecule has 1 radical (unpaired) electrons. The average Bonchev–Trinajstić information content (AvgIpc) is 1.65. The van der Waals surface area contributed by atoms with E-state index in [1.54, 1.807) is 0 Å². The van der Waals surface area contributed by atoms with Crippen molar-refractivity contribution in [2.24, 2.45) is 0 Å². The molecule has 8 heavy (non-hydrogen) atoms. The van der Waals surface area contributed by atoms with E-state index in [0.29, 0.717) is 0 Å². The minimum atomic E-state index is -0.0996. The van der Waals surface area contributed by atoms with E-state index in [1.165, 1.54) is 0 Å². The molecule has 0 saturated heterocycles. The lowest BCUT2D eigenvalue weighted by Gasteiger charge is -2.12. The Morgan fingerprint density at radius 2 is 2.00 bits per heavy atom. The predicted molar refractivity (Wildman–Crippen MR) is 36.7 cm³/mol. The normalized spacial score (nSPS) is 18.0. The first-order valence-corrected chi connectivity index (χ1v) is 3.12. The minimum absolute atomic E-state index is 0.0718. The van der Waals surface area contributed by atoms with Crippen LogP contribution in [0.15, 0.2) is 0 Å². The number of rotatable bonds is 3. The van der Waals surface area contributed by atoms with Gasteiger partial charge in [0.1, 0.15) is 11.7 Å². The highest BCUT2D eigenvalue weighted by Crippen LogP contribution is 1.97. The number of hydrogen-bond acceptors (Lipinski definition) is 2. The van der Waals surface area contributed by atoms with Crippen molar-refractivity contribution in [1.29, 1.82) is 0 Å². The summed E-state index contributed by atoms with van der Waals surface area (Å²) < 4.78 is 5.10. The topological polar surface area (TPSA) is 21.3 Å². The zero-order valence-corrected chi connectivity index (χ0v) is 6.29. The Balaban J connectivity index is 3.10. The lowest BCUT2D eigenvalue weighted by molar-refractivity contribution is 0.0401. The van der Waals surface area contributed by atoms with E-state index in [1.807, 2.05) is 20.9 Å². The van der Waals surface area contributed by atoms with Crippen LogP contribution in [0.5, 0.6) is 0 Å². The van der Waals surface area contributed by atoms with E-state index >= 15 is 0 Å². The van der Waals surface area contributed by atoms with Crippen LogP contribution in [-0.2, 0) is 4.74 Å². The second-order valence-electron chi connectivity index (χ2n) is 1.63. The second-order valence-corrected chi connectivity index (χ2v) is 2.30. The average molecular weight is 134 g/mol. The maximum Gasteiger partial charge on any atom is 0.112 e. The Morgan fingerprint density at radius 3 is 2.12 bits per heavy atom. The molecule has 0 heterocycles. The van der Waals surface area contributed by atoms with Crippen molar-refractivity contribution in [2.45, 2.75) is 25.5 Å². The van der Waals surface area contributed by atoms with Crippen molar-refractivity contribution in [3.63, 3.8) is 0 Å². The molecule has 0 aliphatic heterocycles. The zero-order valence-electron chi connectivity index (χ0n) is 5.47. The number of hydrogen-bond donors (Lipinski definition) is 1. The summed E-state index contributed by atoms with van der Waals surface area (Å²) in [6.07, 6.45) is 0.0718. The molecule has 1 N–H and O–H groups in total. The summed E-state index contributed by atoms with van der Waals surface area (Å²) in [4.78, 5) is 0. The van der Waals surface area contributed by atoms with Gasteiger partial charge in [-0.1, -0.05) is 12.6 Å². The van der Waals surface area contributed by atoms with E-state index in [4.69, 9.17) is 17.4 Å². The monoisotopic (exact) mass is 134 g/mol. The van der Waals surface area contributed by atoms with Gasteiger partial charge in [-0.25, -0.2) is 0 Å². The second kappa shape index (κ2) is 4.18. The summed E-state index contributed by atoms with van der Waals surface area (Å²) in [6, 6.07) is 0. The van der Waals surface area contributed by atoms with Crippen LogP contribution in [0.3, 0.4) is 0 Å². The van der Waals surface area contributed by atoms with Crippen molar-refractivity contribution in [3.05, 3.63) is 0 Å². The molecule has 0 aliphatic rings. The molecule has 0 rings (SSSR count). The molecule has 0 bridgehead atoms. The third-order valence-electron chi connectivity index (χ3n) is 0.802. The fourth-order valence-electron chi connectivity index (χ4n) is 0.355. The summed E-state index contributed by atoms with van der Waals surface area (Å²) in [6.45, 7) is 3.76.